The van der Waals surface area contributed by atoms with E-state index in [2.05, 4.69) is 5.32 Å². The maximum atomic E-state index is 13.0. The number of ketones is 1. The number of methoxy groups -OCH3 is 1. The Balaban J connectivity index is 2.46. The van der Waals surface area contributed by atoms with E-state index in [-0.39, 0.29) is 43.1 Å². The highest BCUT2D eigenvalue weighted by molar-refractivity contribution is 5.78. The fourth-order valence-electron chi connectivity index (χ4n) is 8.02. The molecule has 0 bridgehead atoms. The SMILES string of the molecule is CC[C@@H](O)[C@@](C)(O)[C@H](O)[C@@H](C)NC[C@H](C)C[C@@](C)(O)[C@H](OC1O[C@H](C)C[C@H](N(C)C)[C@H]1O)[C@@H](C)[C@H](OC1C[C@@](C)(OC)[C@@H](O)[C@H](C)O1)[C@@H](C)C(C)=O. The van der Waals surface area contributed by atoms with Crippen LogP contribution in [-0.2, 0) is 28.5 Å². The molecule has 18 atom stereocenters. The zero-order chi connectivity index (χ0) is 40.1. The Kier molecular flexibility index (Phi) is 17.6. The number of carbonyl (C=O) groups excluding carboxylic acids is 1. The van der Waals surface area contributed by atoms with Gasteiger partial charge in [-0.2, -0.15) is 0 Å². The molecule has 7 N–H and O–H groups in total. The van der Waals surface area contributed by atoms with E-state index in [9.17, 15) is 35.4 Å². The van der Waals surface area contributed by atoms with Crippen molar-refractivity contribution >= 4 is 5.78 Å². The summed E-state index contributed by atoms with van der Waals surface area (Å²) in [5.41, 5.74) is -4.27. The quantitative estimate of drug-likeness (QED) is 0.0947. The number of nitrogens with zero attached hydrogens (tertiary/aromatic N) is 1. The number of hydrogen-bond donors (Lipinski definition) is 7. The van der Waals surface area contributed by atoms with Crippen LogP contribution in [0.4, 0.5) is 0 Å². The number of likely N-dealkylation sites (N-methyl/N-ethyl adjacent to an activating group) is 1. The molecule has 52 heavy (non-hydrogen) atoms. The van der Waals surface area contributed by atoms with Crippen LogP contribution in [0.1, 0.15) is 102 Å². The molecule has 0 amide bonds. The molecule has 14 nitrogen and oxygen atoms in total. The van der Waals surface area contributed by atoms with E-state index in [1.165, 1.54) is 21.0 Å². The molecular formula is C38H74N2O12. The third kappa shape index (κ3) is 11.6. The minimum absolute atomic E-state index is 0.141. The highest BCUT2D eigenvalue weighted by Crippen LogP contribution is 2.39. The molecule has 0 spiro atoms. The van der Waals surface area contributed by atoms with E-state index >= 15 is 0 Å². The molecule has 14 heteroatoms. The second-order valence-corrected chi connectivity index (χ2v) is 16.9. The number of aliphatic hydroxyl groups excluding tert-OH is 4. The largest absolute Gasteiger partial charge is 0.390 e. The highest BCUT2D eigenvalue weighted by Gasteiger charge is 2.51. The van der Waals surface area contributed by atoms with Gasteiger partial charge in [-0.15, -0.1) is 0 Å². The second-order valence-electron chi connectivity index (χ2n) is 16.9. The predicted molar refractivity (Wildman–Crippen MR) is 196 cm³/mol. The number of hydrogen-bond acceptors (Lipinski definition) is 14. The summed E-state index contributed by atoms with van der Waals surface area (Å²) in [7, 11) is 5.27. The first-order valence-electron chi connectivity index (χ1n) is 19.1. The summed E-state index contributed by atoms with van der Waals surface area (Å²) in [6.07, 6.45) is -7.79. The van der Waals surface area contributed by atoms with E-state index in [1.807, 2.05) is 39.8 Å². The summed E-state index contributed by atoms with van der Waals surface area (Å²) < 4.78 is 31.2. The Bertz CT molecular complexity index is 1100. The lowest BCUT2D eigenvalue weighted by Crippen LogP contribution is -2.60. The number of carbonyl (C=O) groups is 1. The van der Waals surface area contributed by atoms with E-state index in [4.69, 9.17) is 23.7 Å². The zero-order valence-corrected chi connectivity index (χ0v) is 34.3. The smallest absolute Gasteiger partial charge is 0.185 e. The molecule has 0 aromatic carbocycles. The van der Waals surface area contributed by atoms with Gasteiger partial charge in [0.2, 0.25) is 0 Å². The van der Waals surface area contributed by atoms with Crippen molar-refractivity contribution in [1.82, 2.24) is 10.2 Å². The molecule has 2 aliphatic heterocycles. The molecule has 2 saturated heterocycles. The number of aliphatic hydroxyl groups is 6. The van der Waals surface area contributed by atoms with E-state index < -0.39 is 90.0 Å². The Hall–Kier alpha value is -0.850. The molecular weight excluding hydrogens is 676 g/mol. The van der Waals surface area contributed by atoms with E-state index in [1.54, 1.807) is 41.5 Å². The first-order valence-corrected chi connectivity index (χ1v) is 19.1. The second kappa shape index (κ2) is 19.3. The number of rotatable bonds is 20. The van der Waals surface area contributed by atoms with Gasteiger partial charge in [0.1, 0.15) is 23.6 Å². The summed E-state index contributed by atoms with van der Waals surface area (Å²) >= 11 is 0. The lowest BCUT2D eigenvalue weighted by atomic mass is 9.77. The summed E-state index contributed by atoms with van der Waals surface area (Å²) in [5, 5.41) is 69.8. The van der Waals surface area contributed by atoms with Crippen molar-refractivity contribution < 1.29 is 59.1 Å². The normalized spacial score (nSPS) is 35.8. The zero-order valence-electron chi connectivity index (χ0n) is 34.3. The molecule has 2 unspecified atom stereocenters. The van der Waals surface area contributed by atoms with Crippen molar-refractivity contribution in [3.63, 3.8) is 0 Å². The molecule has 0 aromatic heterocycles. The van der Waals surface area contributed by atoms with Gasteiger partial charge >= 0.3 is 0 Å². The van der Waals surface area contributed by atoms with Crippen LogP contribution in [0.3, 0.4) is 0 Å². The van der Waals surface area contributed by atoms with Crippen molar-refractivity contribution in [2.45, 2.75) is 192 Å². The molecule has 0 aromatic rings. The van der Waals surface area contributed by atoms with Crippen LogP contribution in [0.5, 0.6) is 0 Å². The van der Waals surface area contributed by atoms with Gasteiger partial charge in [0.05, 0.1) is 47.8 Å². The number of nitrogens with one attached hydrogen (secondary N) is 1. The standard InChI is InChI=1S/C38H74N2O12/c1-15-28(42)38(11,47)32(44)24(6)39-19-20(2)17-36(9,46)34(52-35-30(43)27(40(12)13)16-21(3)49-35)23(5)31(22(4)25(7)41)51-29-18-37(10,48-14)33(45)26(8)50-29/h20-24,26-35,39,42-47H,15-19H2,1-14H3/t20-,21-,22+,23+,24-,26+,27+,28-,29?,30-,31-,32-,33+,34-,35?,36-,37-,38-/m1/s1. The maximum absolute atomic E-state index is 13.0. The van der Waals surface area contributed by atoms with E-state index in [0.29, 0.717) is 13.0 Å². The first-order chi connectivity index (χ1) is 23.8. The lowest BCUT2D eigenvalue weighted by Gasteiger charge is -2.48. The molecule has 2 heterocycles. The summed E-state index contributed by atoms with van der Waals surface area (Å²) in [4.78, 5) is 14.9. The van der Waals surface area contributed by atoms with Crippen LogP contribution >= 0.6 is 0 Å². The summed E-state index contributed by atoms with van der Waals surface area (Å²) in [6.45, 7) is 19.3. The molecule has 308 valence electrons. The van der Waals surface area contributed by atoms with Gasteiger partial charge in [-0.1, -0.05) is 27.7 Å². The van der Waals surface area contributed by atoms with Crippen LogP contribution in [0.2, 0.25) is 0 Å². The maximum Gasteiger partial charge on any atom is 0.185 e. The molecule has 0 saturated carbocycles. The van der Waals surface area contributed by atoms with Gasteiger partial charge in [0.15, 0.2) is 12.6 Å². The molecule has 2 fully saturated rings. The van der Waals surface area contributed by atoms with Crippen molar-refractivity contribution in [2.75, 3.05) is 27.7 Å². The molecule has 0 radical (unpaired) electrons. The minimum Gasteiger partial charge on any atom is -0.390 e. The fraction of sp³-hybridized carbons (Fsp3) is 0.974. The Labute approximate surface area is 312 Å². The average molecular weight is 751 g/mol. The van der Waals surface area contributed by atoms with Crippen LogP contribution < -0.4 is 5.32 Å². The average Bonchev–Trinajstić information content (AvgIpc) is 3.06. The fourth-order valence-corrected chi connectivity index (χ4v) is 8.02. The monoisotopic (exact) mass is 751 g/mol. The van der Waals surface area contributed by atoms with Crippen molar-refractivity contribution in [3.05, 3.63) is 0 Å². The minimum atomic E-state index is -1.73. The van der Waals surface area contributed by atoms with Gasteiger partial charge in [-0.05, 0) is 94.3 Å². The third-order valence-corrected chi connectivity index (χ3v) is 11.8. The predicted octanol–water partition coefficient (Wildman–Crippen LogP) is 1.58. The topological polar surface area (TPSA) is 200 Å². The highest BCUT2D eigenvalue weighted by atomic mass is 16.7. The van der Waals surface area contributed by atoms with Crippen LogP contribution in [0.15, 0.2) is 0 Å². The van der Waals surface area contributed by atoms with Gasteiger partial charge in [0.25, 0.3) is 0 Å². The summed E-state index contributed by atoms with van der Waals surface area (Å²) in [6, 6.07) is -0.860. The van der Waals surface area contributed by atoms with Crippen molar-refractivity contribution in [1.29, 1.82) is 0 Å². The Morgan fingerprint density at radius 1 is 1.06 bits per heavy atom. The Morgan fingerprint density at radius 2 is 1.65 bits per heavy atom. The number of ether oxygens (including phenoxy) is 5. The van der Waals surface area contributed by atoms with Gasteiger partial charge in [0, 0.05) is 37.5 Å². The van der Waals surface area contributed by atoms with Crippen LogP contribution in [0, 0.1) is 17.8 Å². The van der Waals surface area contributed by atoms with Crippen molar-refractivity contribution in [2.24, 2.45) is 17.8 Å². The van der Waals surface area contributed by atoms with Gasteiger partial charge in [-0.25, -0.2) is 0 Å². The summed E-state index contributed by atoms with van der Waals surface area (Å²) in [5.74, 6) is -1.66. The van der Waals surface area contributed by atoms with Crippen LogP contribution in [0.25, 0.3) is 0 Å². The Morgan fingerprint density at radius 3 is 2.17 bits per heavy atom. The lowest BCUT2D eigenvalue weighted by molar-refractivity contribution is -0.317. The number of Topliss-reactive ketones (excluding diaryl/α,β-unsaturated/α-hetero) is 1. The van der Waals surface area contributed by atoms with Crippen molar-refractivity contribution in [3.8, 4) is 0 Å². The molecule has 0 aliphatic carbocycles. The van der Waals surface area contributed by atoms with Gasteiger partial charge < -0.3 is 64.5 Å². The molecule has 2 aliphatic rings. The first kappa shape index (κ1) is 47.3. The van der Waals surface area contributed by atoms with Crippen LogP contribution in [-0.4, -0.2) is 159 Å². The van der Waals surface area contributed by atoms with E-state index in [0.717, 1.165) is 0 Å². The molecule has 2 rings (SSSR count). The third-order valence-electron chi connectivity index (χ3n) is 11.8. The van der Waals surface area contributed by atoms with Gasteiger partial charge in [-0.3, -0.25) is 4.79 Å².